The largest absolute Gasteiger partial charge is 0.497 e. The maximum atomic E-state index is 14.4. The number of ketones is 1. The highest BCUT2D eigenvalue weighted by Crippen LogP contribution is 2.48. The summed E-state index contributed by atoms with van der Waals surface area (Å²) in [5, 5.41) is 4.24. The molecular formula is C34H28Cl2N2O3. The number of halogens is 2. The van der Waals surface area contributed by atoms with Gasteiger partial charge in [0.05, 0.1) is 34.6 Å². The zero-order valence-corrected chi connectivity index (χ0v) is 24.2. The number of ether oxygens (including phenoxy) is 1. The summed E-state index contributed by atoms with van der Waals surface area (Å²) in [6.45, 7) is 2.02. The van der Waals surface area contributed by atoms with Crippen LogP contribution < -0.4 is 15.0 Å². The number of amides is 1. The monoisotopic (exact) mass is 582 g/mol. The number of rotatable bonds is 4. The normalized spacial score (nSPS) is 18.2. The van der Waals surface area contributed by atoms with Crippen molar-refractivity contribution in [1.29, 1.82) is 0 Å². The van der Waals surface area contributed by atoms with Gasteiger partial charge in [-0.2, -0.15) is 0 Å². The van der Waals surface area contributed by atoms with E-state index in [1.165, 1.54) is 0 Å². The van der Waals surface area contributed by atoms with Crippen molar-refractivity contribution in [1.82, 2.24) is 0 Å². The molecule has 5 nitrogen and oxygen atoms in total. The Hall–Kier alpha value is -4.06. The van der Waals surface area contributed by atoms with Crippen LogP contribution in [0.2, 0.25) is 10.0 Å². The van der Waals surface area contributed by atoms with Crippen LogP contribution >= 0.6 is 23.2 Å². The molecule has 1 aliphatic heterocycles. The van der Waals surface area contributed by atoms with Crippen molar-refractivity contribution in [2.75, 3.05) is 17.3 Å². The topological polar surface area (TPSA) is 58.6 Å². The Morgan fingerprint density at radius 2 is 1.59 bits per heavy atom. The summed E-state index contributed by atoms with van der Waals surface area (Å²) in [6.07, 6.45) is 0.958. The lowest BCUT2D eigenvalue weighted by atomic mass is 9.78. The van der Waals surface area contributed by atoms with Gasteiger partial charge in [-0.3, -0.25) is 14.5 Å². The Morgan fingerprint density at radius 3 is 2.29 bits per heavy atom. The number of anilines is 2. The molecule has 4 aromatic rings. The standard InChI is InChI=1S/C34H28Cl2N2O3/c1-20-7-9-22(10-8-20)33-32-29(18-24(19-31(32)39)21-11-14-25(41-2)15-12-21)37-28-5-3-4-6-30(28)38(33)34(40)23-13-16-26(35)27(36)17-23/h3-17,24,33,37H,18-19H2,1-2H3/t24-,33-/m1/s1. The fourth-order valence-electron chi connectivity index (χ4n) is 5.76. The predicted octanol–water partition coefficient (Wildman–Crippen LogP) is 8.52. The maximum absolute atomic E-state index is 14.4. The maximum Gasteiger partial charge on any atom is 0.259 e. The van der Waals surface area contributed by atoms with Gasteiger partial charge in [-0.15, -0.1) is 0 Å². The van der Waals surface area contributed by atoms with Gasteiger partial charge >= 0.3 is 0 Å². The molecule has 2 atom stereocenters. The molecule has 0 radical (unpaired) electrons. The summed E-state index contributed by atoms with van der Waals surface area (Å²) in [4.78, 5) is 30.3. The van der Waals surface area contributed by atoms with E-state index in [0.717, 1.165) is 33.8 Å². The highest BCUT2D eigenvalue weighted by atomic mass is 35.5. The lowest BCUT2D eigenvalue weighted by Crippen LogP contribution is -2.38. The minimum atomic E-state index is -0.645. The van der Waals surface area contributed by atoms with Crippen LogP contribution in [0.3, 0.4) is 0 Å². The van der Waals surface area contributed by atoms with Crippen molar-refractivity contribution in [3.05, 3.63) is 135 Å². The van der Waals surface area contributed by atoms with Gasteiger partial charge in [0.15, 0.2) is 5.78 Å². The number of benzene rings is 4. The quantitative estimate of drug-likeness (QED) is 0.262. The van der Waals surface area contributed by atoms with Crippen LogP contribution in [0.5, 0.6) is 5.75 Å². The Bertz CT molecular complexity index is 1680. The highest BCUT2D eigenvalue weighted by Gasteiger charge is 2.42. The number of para-hydroxylation sites is 2. The Labute approximate surface area is 249 Å². The van der Waals surface area contributed by atoms with Crippen LogP contribution in [0.25, 0.3) is 0 Å². The summed E-state index contributed by atoms with van der Waals surface area (Å²) in [5.41, 5.74) is 6.25. The minimum Gasteiger partial charge on any atom is -0.497 e. The number of hydrogen-bond acceptors (Lipinski definition) is 4. The van der Waals surface area contributed by atoms with Crippen LogP contribution in [0.1, 0.15) is 51.8 Å². The zero-order chi connectivity index (χ0) is 28.7. The first-order chi connectivity index (χ1) is 19.8. The van der Waals surface area contributed by atoms with Crippen LogP contribution in [0.15, 0.2) is 102 Å². The smallest absolute Gasteiger partial charge is 0.259 e. The second-order valence-corrected chi connectivity index (χ2v) is 11.3. The van der Waals surface area contributed by atoms with E-state index in [2.05, 4.69) is 5.32 Å². The number of methoxy groups -OCH3 is 1. The second kappa shape index (κ2) is 11.1. The fourth-order valence-corrected chi connectivity index (χ4v) is 6.06. The summed E-state index contributed by atoms with van der Waals surface area (Å²) in [6, 6.07) is 27.8. The first-order valence-corrected chi connectivity index (χ1v) is 14.2. The average Bonchev–Trinajstić information content (AvgIpc) is 3.13. The molecule has 0 saturated heterocycles. The second-order valence-electron chi connectivity index (χ2n) is 10.5. The van der Waals surface area contributed by atoms with E-state index in [0.29, 0.717) is 39.7 Å². The van der Waals surface area contributed by atoms with Crippen LogP contribution in [0.4, 0.5) is 11.4 Å². The number of aryl methyl sites for hydroxylation is 1. The molecule has 0 spiro atoms. The fraction of sp³-hybridized carbons (Fsp3) is 0.176. The number of hydrogen-bond donors (Lipinski definition) is 1. The molecule has 1 N–H and O–H groups in total. The molecule has 2 aliphatic rings. The molecule has 41 heavy (non-hydrogen) atoms. The minimum absolute atomic E-state index is 0.00453. The Kier molecular flexibility index (Phi) is 7.33. The molecule has 0 saturated carbocycles. The molecular weight excluding hydrogens is 555 g/mol. The van der Waals surface area contributed by atoms with Gasteiger partial charge in [-0.1, -0.05) is 77.3 Å². The predicted molar refractivity (Wildman–Crippen MR) is 164 cm³/mol. The van der Waals surface area contributed by atoms with E-state index in [-0.39, 0.29) is 17.6 Å². The first-order valence-electron chi connectivity index (χ1n) is 13.5. The summed E-state index contributed by atoms with van der Waals surface area (Å²) < 4.78 is 5.33. The molecule has 7 heteroatoms. The summed E-state index contributed by atoms with van der Waals surface area (Å²) in [5.74, 6) is 0.489. The van der Waals surface area contributed by atoms with Crippen molar-refractivity contribution in [3.8, 4) is 5.75 Å². The average molecular weight is 584 g/mol. The zero-order valence-electron chi connectivity index (χ0n) is 22.7. The third-order valence-electron chi connectivity index (χ3n) is 7.85. The van der Waals surface area contributed by atoms with Crippen LogP contribution in [-0.2, 0) is 4.79 Å². The highest BCUT2D eigenvalue weighted by molar-refractivity contribution is 6.42. The lowest BCUT2D eigenvalue weighted by Gasteiger charge is -2.35. The number of fused-ring (bicyclic) bond motifs is 1. The van der Waals surface area contributed by atoms with Gasteiger partial charge < -0.3 is 10.1 Å². The molecule has 206 valence electrons. The Morgan fingerprint density at radius 1 is 0.878 bits per heavy atom. The van der Waals surface area contributed by atoms with Crippen molar-refractivity contribution >= 4 is 46.3 Å². The van der Waals surface area contributed by atoms with Crippen LogP contribution in [0, 0.1) is 6.92 Å². The van der Waals surface area contributed by atoms with E-state index in [9.17, 15) is 9.59 Å². The molecule has 4 aromatic carbocycles. The molecule has 0 unspecified atom stereocenters. The summed E-state index contributed by atoms with van der Waals surface area (Å²) in [7, 11) is 1.64. The number of Topliss-reactive ketones (excluding diaryl/α,β-unsaturated/α-hetero) is 1. The molecule has 6 rings (SSSR count). The van der Waals surface area contributed by atoms with E-state index in [1.54, 1.807) is 30.2 Å². The van der Waals surface area contributed by atoms with Gasteiger partial charge in [0, 0.05) is 23.3 Å². The van der Waals surface area contributed by atoms with Gasteiger partial charge in [0.1, 0.15) is 5.75 Å². The van der Waals surface area contributed by atoms with Gasteiger partial charge in [0.25, 0.3) is 5.91 Å². The Balaban J connectivity index is 1.53. The van der Waals surface area contributed by atoms with Gasteiger partial charge in [-0.25, -0.2) is 0 Å². The third-order valence-corrected chi connectivity index (χ3v) is 8.59. The van der Waals surface area contributed by atoms with E-state index >= 15 is 0 Å². The molecule has 0 aromatic heterocycles. The van der Waals surface area contributed by atoms with E-state index in [4.69, 9.17) is 27.9 Å². The number of nitrogens with zero attached hydrogens (tertiary/aromatic N) is 1. The molecule has 1 heterocycles. The van der Waals surface area contributed by atoms with Crippen molar-refractivity contribution in [2.24, 2.45) is 0 Å². The van der Waals surface area contributed by atoms with Crippen molar-refractivity contribution in [2.45, 2.75) is 31.7 Å². The van der Waals surface area contributed by atoms with Gasteiger partial charge in [0.2, 0.25) is 0 Å². The summed E-state index contributed by atoms with van der Waals surface area (Å²) >= 11 is 12.5. The molecule has 1 aliphatic carbocycles. The third kappa shape index (κ3) is 5.12. The number of carbonyl (C=O) groups excluding carboxylic acids is 2. The van der Waals surface area contributed by atoms with Crippen LogP contribution in [-0.4, -0.2) is 18.8 Å². The molecule has 0 fully saturated rings. The number of carbonyl (C=O) groups is 2. The SMILES string of the molecule is COc1ccc([C@H]2CC(=O)C3=C(C2)Nc2ccccc2N(C(=O)c2ccc(Cl)c(Cl)c2)[C@@H]3c2ccc(C)cc2)cc1. The van der Waals surface area contributed by atoms with E-state index < -0.39 is 6.04 Å². The van der Waals surface area contributed by atoms with Crippen molar-refractivity contribution < 1.29 is 14.3 Å². The van der Waals surface area contributed by atoms with Crippen molar-refractivity contribution in [3.63, 3.8) is 0 Å². The van der Waals surface area contributed by atoms with E-state index in [1.807, 2.05) is 79.7 Å². The number of allylic oxidation sites excluding steroid dienone is 1. The molecule has 0 bridgehead atoms. The first kappa shape index (κ1) is 27.1. The number of nitrogens with one attached hydrogen (secondary N) is 1. The lowest BCUT2D eigenvalue weighted by molar-refractivity contribution is -0.116. The van der Waals surface area contributed by atoms with Gasteiger partial charge in [-0.05, 0) is 72.9 Å². The molecule has 1 amide bonds.